The molecule has 0 aliphatic heterocycles. The molecule has 118 valence electrons. The Balaban J connectivity index is 2.09. The summed E-state index contributed by atoms with van der Waals surface area (Å²) in [6, 6.07) is 13.4. The van der Waals surface area contributed by atoms with Gasteiger partial charge in [0.15, 0.2) is 0 Å². The van der Waals surface area contributed by atoms with Crippen LogP contribution in [-0.2, 0) is 4.79 Å². The largest absolute Gasteiger partial charge is 0.368 e. The minimum atomic E-state index is -0.627. The van der Waals surface area contributed by atoms with E-state index in [0.717, 1.165) is 4.47 Å². The van der Waals surface area contributed by atoms with Crippen molar-refractivity contribution in [3.63, 3.8) is 0 Å². The average molecular weight is 376 g/mol. The predicted molar refractivity (Wildman–Crippen MR) is 90.1 cm³/mol. The fourth-order valence-corrected chi connectivity index (χ4v) is 2.24. The van der Waals surface area contributed by atoms with Crippen LogP contribution in [0, 0.1) is 0 Å². The molecule has 0 aliphatic rings. The zero-order valence-electron chi connectivity index (χ0n) is 12.0. The number of hydrogen-bond acceptors (Lipinski definition) is 3. The van der Waals surface area contributed by atoms with Gasteiger partial charge in [-0.3, -0.25) is 14.4 Å². The van der Waals surface area contributed by atoms with Crippen LogP contribution in [0.2, 0.25) is 0 Å². The number of amides is 3. The van der Waals surface area contributed by atoms with Gasteiger partial charge in [0, 0.05) is 21.3 Å². The quantitative estimate of drug-likeness (QED) is 0.743. The van der Waals surface area contributed by atoms with Gasteiger partial charge in [0.2, 0.25) is 5.91 Å². The highest BCUT2D eigenvalue weighted by molar-refractivity contribution is 9.10. The molecule has 0 fully saturated rings. The first kappa shape index (κ1) is 16.7. The molecule has 7 heteroatoms. The third-order valence-corrected chi connectivity index (χ3v) is 3.39. The van der Waals surface area contributed by atoms with Gasteiger partial charge in [0.1, 0.15) is 0 Å². The van der Waals surface area contributed by atoms with Gasteiger partial charge in [-0.15, -0.1) is 0 Å². The molecule has 0 radical (unpaired) electrons. The molecule has 4 N–H and O–H groups in total. The molecule has 0 spiro atoms. The molecule has 3 amide bonds. The Morgan fingerprint density at radius 1 is 0.957 bits per heavy atom. The van der Waals surface area contributed by atoms with Crippen LogP contribution in [0.5, 0.6) is 0 Å². The van der Waals surface area contributed by atoms with Gasteiger partial charge in [-0.2, -0.15) is 0 Å². The minimum Gasteiger partial charge on any atom is -0.368 e. The second-order valence-electron chi connectivity index (χ2n) is 4.69. The van der Waals surface area contributed by atoms with E-state index >= 15 is 0 Å². The smallest absolute Gasteiger partial charge is 0.255 e. The van der Waals surface area contributed by atoms with Gasteiger partial charge in [-0.1, -0.05) is 28.1 Å². The van der Waals surface area contributed by atoms with E-state index < -0.39 is 11.8 Å². The Morgan fingerprint density at radius 2 is 1.61 bits per heavy atom. The van der Waals surface area contributed by atoms with Crippen molar-refractivity contribution in [1.29, 1.82) is 0 Å². The number of carbonyl (C=O) groups excluding carboxylic acids is 3. The van der Waals surface area contributed by atoms with E-state index in [2.05, 4.69) is 26.6 Å². The van der Waals surface area contributed by atoms with E-state index in [9.17, 15) is 14.4 Å². The van der Waals surface area contributed by atoms with Crippen molar-refractivity contribution < 1.29 is 14.4 Å². The molecular formula is C16H14BrN3O3. The van der Waals surface area contributed by atoms with Crippen LogP contribution >= 0.6 is 15.9 Å². The molecule has 2 rings (SSSR count). The lowest BCUT2D eigenvalue weighted by Crippen LogP contribution is -2.33. The molecule has 0 unspecified atom stereocenters. The Hall–Kier alpha value is -2.67. The number of primary amides is 1. The standard InChI is InChI=1S/C16H14BrN3O3/c17-12-5-1-3-10(7-12)16(23)20-13-6-2-4-11(8-13)15(22)19-9-14(18)21/h1-8H,9H2,(H2,18,21)(H,19,22)(H,20,23). The van der Waals surface area contributed by atoms with Crippen LogP contribution in [0.15, 0.2) is 53.0 Å². The van der Waals surface area contributed by atoms with E-state index in [1.54, 1.807) is 36.4 Å². The Bertz CT molecular complexity index is 762. The van der Waals surface area contributed by atoms with Crippen LogP contribution in [0.3, 0.4) is 0 Å². The summed E-state index contributed by atoms with van der Waals surface area (Å²) in [5.41, 5.74) is 6.26. The van der Waals surface area contributed by atoms with Gasteiger partial charge in [0.05, 0.1) is 6.54 Å². The molecule has 2 aromatic rings. The summed E-state index contributed by atoms with van der Waals surface area (Å²) in [5, 5.41) is 5.10. The number of nitrogens with two attached hydrogens (primary N) is 1. The van der Waals surface area contributed by atoms with E-state index in [1.165, 1.54) is 6.07 Å². The highest BCUT2D eigenvalue weighted by Gasteiger charge is 2.10. The lowest BCUT2D eigenvalue weighted by Gasteiger charge is -2.08. The maximum atomic E-state index is 12.2. The Kier molecular flexibility index (Phi) is 5.48. The van der Waals surface area contributed by atoms with Crippen LogP contribution in [0.4, 0.5) is 5.69 Å². The first-order valence-corrected chi connectivity index (χ1v) is 7.48. The lowest BCUT2D eigenvalue weighted by atomic mass is 10.1. The number of hydrogen-bond donors (Lipinski definition) is 3. The monoisotopic (exact) mass is 375 g/mol. The van der Waals surface area contributed by atoms with E-state index in [0.29, 0.717) is 16.8 Å². The first-order valence-electron chi connectivity index (χ1n) is 6.69. The van der Waals surface area contributed by atoms with Crippen LogP contribution in [0.25, 0.3) is 0 Å². The predicted octanol–water partition coefficient (Wildman–Crippen LogP) is 1.92. The number of anilines is 1. The van der Waals surface area contributed by atoms with E-state index in [4.69, 9.17) is 5.73 Å². The first-order chi connectivity index (χ1) is 11.0. The van der Waals surface area contributed by atoms with Crippen molar-refractivity contribution in [2.75, 3.05) is 11.9 Å². The fraction of sp³-hybridized carbons (Fsp3) is 0.0625. The average Bonchev–Trinajstić information content (AvgIpc) is 2.52. The highest BCUT2D eigenvalue weighted by Crippen LogP contribution is 2.15. The van der Waals surface area contributed by atoms with Crippen molar-refractivity contribution in [3.8, 4) is 0 Å². The van der Waals surface area contributed by atoms with Crippen molar-refractivity contribution in [1.82, 2.24) is 5.32 Å². The molecule has 2 aromatic carbocycles. The summed E-state index contributed by atoms with van der Waals surface area (Å²) in [6.07, 6.45) is 0. The van der Waals surface area contributed by atoms with Crippen molar-refractivity contribution in [2.24, 2.45) is 5.73 Å². The van der Waals surface area contributed by atoms with Gasteiger partial charge in [-0.05, 0) is 36.4 Å². The highest BCUT2D eigenvalue weighted by atomic mass is 79.9. The maximum absolute atomic E-state index is 12.2. The number of benzene rings is 2. The van der Waals surface area contributed by atoms with Gasteiger partial charge >= 0.3 is 0 Å². The second kappa shape index (κ2) is 7.55. The minimum absolute atomic E-state index is 0.243. The molecule has 0 atom stereocenters. The SMILES string of the molecule is NC(=O)CNC(=O)c1cccc(NC(=O)c2cccc(Br)c2)c1. The molecule has 0 aromatic heterocycles. The summed E-state index contributed by atoms with van der Waals surface area (Å²) >= 11 is 3.30. The number of carbonyl (C=O) groups is 3. The summed E-state index contributed by atoms with van der Waals surface area (Å²) in [6.45, 7) is -0.243. The summed E-state index contributed by atoms with van der Waals surface area (Å²) in [5.74, 6) is -1.36. The van der Waals surface area contributed by atoms with Gasteiger partial charge in [0.25, 0.3) is 11.8 Å². The van der Waals surface area contributed by atoms with Crippen molar-refractivity contribution in [2.45, 2.75) is 0 Å². The number of rotatable bonds is 5. The normalized spacial score (nSPS) is 9.96. The second-order valence-corrected chi connectivity index (χ2v) is 5.61. The molecule has 0 saturated heterocycles. The molecular weight excluding hydrogens is 362 g/mol. The molecule has 23 heavy (non-hydrogen) atoms. The molecule has 0 bridgehead atoms. The van der Waals surface area contributed by atoms with E-state index in [-0.39, 0.29) is 12.5 Å². The molecule has 0 saturated carbocycles. The third-order valence-electron chi connectivity index (χ3n) is 2.89. The van der Waals surface area contributed by atoms with Crippen molar-refractivity contribution in [3.05, 3.63) is 64.1 Å². The lowest BCUT2D eigenvalue weighted by molar-refractivity contribution is -0.117. The molecule has 6 nitrogen and oxygen atoms in total. The van der Waals surface area contributed by atoms with Crippen LogP contribution in [0.1, 0.15) is 20.7 Å². The Morgan fingerprint density at radius 3 is 2.26 bits per heavy atom. The van der Waals surface area contributed by atoms with Crippen LogP contribution < -0.4 is 16.4 Å². The molecule has 0 aliphatic carbocycles. The summed E-state index contributed by atoms with van der Waals surface area (Å²) in [7, 11) is 0. The summed E-state index contributed by atoms with van der Waals surface area (Å²) in [4.78, 5) is 34.7. The number of halogens is 1. The number of nitrogens with one attached hydrogen (secondary N) is 2. The van der Waals surface area contributed by atoms with Crippen LogP contribution in [-0.4, -0.2) is 24.3 Å². The fourth-order valence-electron chi connectivity index (χ4n) is 1.84. The topological polar surface area (TPSA) is 101 Å². The van der Waals surface area contributed by atoms with E-state index in [1.807, 2.05) is 6.07 Å². The Labute approximate surface area is 141 Å². The zero-order valence-corrected chi connectivity index (χ0v) is 13.6. The third kappa shape index (κ3) is 4.93. The van der Waals surface area contributed by atoms with Crippen molar-refractivity contribution >= 4 is 39.3 Å². The van der Waals surface area contributed by atoms with Gasteiger partial charge in [-0.25, -0.2) is 0 Å². The summed E-state index contributed by atoms with van der Waals surface area (Å²) < 4.78 is 0.796. The maximum Gasteiger partial charge on any atom is 0.255 e. The molecule has 0 heterocycles. The van der Waals surface area contributed by atoms with Gasteiger partial charge < -0.3 is 16.4 Å². The zero-order chi connectivity index (χ0) is 16.8.